The van der Waals surface area contributed by atoms with E-state index >= 15 is 0 Å². The number of hydrogen-bond donors (Lipinski definition) is 2. The van der Waals surface area contributed by atoms with E-state index in [0.717, 1.165) is 23.3 Å². The van der Waals surface area contributed by atoms with E-state index in [4.69, 9.17) is 11.5 Å². The molecule has 2 unspecified atom stereocenters. The summed E-state index contributed by atoms with van der Waals surface area (Å²) >= 11 is 1.45. The number of nitrogens with two attached hydrogens (primary N) is 2. The summed E-state index contributed by atoms with van der Waals surface area (Å²) in [7, 11) is 0. The van der Waals surface area contributed by atoms with E-state index in [-0.39, 0.29) is 21.6 Å². The SMILES string of the molecule is Nc1ccccc1C(C=Cc1ccc(F)cc1F)SC(C=Cc1ccc(F)cc1F)c1ccccc1N. The van der Waals surface area contributed by atoms with Gasteiger partial charge in [-0.15, -0.1) is 11.8 Å². The molecular weight excluding hydrogens is 496 g/mol. The number of hydrogen-bond acceptors (Lipinski definition) is 3. The van der Waals surface area contributed by atoms with Gasteiger partial charge >= 0.3 is 0 Å². The van der Waals surface area contributed by atoms with Crippen LogP contribution in [0.4, 0.5) is 28.9 Å². The molecule has 0 bridgehead atoms. The monoisotopic (exact) mass is 520 g/mol. The molecule has 0 aliphatic carbocycles. The number of para-hydroxylation sites is 2. The lowest BCUT2D eigenvalue weighted by atomic mass is 10.1. The zero-order valence-electron chi connectivity index (χ0n) is 19.6. The van der Waals surface area contributed by atoms with Crippen LogP contribution in [0.15, 0.2) is 97.1 Å². The molecule has 0 saturated heterocycles. The van der Waals surface area contributed by atoms with Gasteiger partial charge in [0.15, 0.2) is 0 Å². The van der Waals surface area contributed by atoms with Crippen molar-refractivity contribution in [3.8, 4) is 0 Å². The Morgan fingerprint density at radius 3 is 1.35 bits per heavy atom. The van der Waals surface area contributed by atoms with Crippen LogP contribution < -0.4 is 11.5 Å². The molecular formula is C30H24F4N2S. The van der Waals surface area contributed by atoms with E-state index in [1.807, 2.05) is 36.4 Å². The highest BCUT2D eigenvalue weighted by molar-refractivity contribution is 8.00. The molecule has 0 spiro atoms. The van der Waals surface area contributed by atoms with Crippen molar-refractivity contribution < 1.29 is 17.6 Å². The lowest BCUT2D eigenvalue weighted by Gasteiger charge is -2.22. The molecule has 4 rings (SSSR count). The second-order valence-electron chi connectivity index (χ2n) is 8.29. The molecule has 4 N–H and O–H groups in total. The van der Waals surface area contributed by atoms with Gasteiger partial charge in [0.2, 0.25) is 0 Å². The van der Waals surface area contributed by atoms with Crippen molar-refractivity contribution in [2.24, 2.45) is 0 Å². The molecule has 0 fully saturated rings. The van der Waals surface area contributed by atoms with Crippen molar-refractivity contribution >= 4 is 35.3 Å². The number of anilines is 2. The zero-order chi connectivity index (χ0) is 26.4. The molecule has 188 valence electrons. The Balaban J connectivity index is 1.75. The largest absolute Gasteiger partial charge is 0.398 e. The van der Waals surface area contributed by atoms with Gasteiger partial charge in [-0.25, -0.2) is 17.6 Å². The predicted octanol–water partition coefficient (Wildman–Crippen LogP) is 8.35. The summed E-state index contributed by atoms with van der Waals surface area (Å²) in [5.41, 5.74) is 15.7. The maximum absolute atomic E-state index is 14.3. The topological polar surface area (TPSA) is 52.0 Å². The fourth-order valence-electron chi connectivity index (χ4n) is 3.80. The number of nitrogen functional groups attached to an aromatic ring is 2. The van der Waals surface area contributed by atoms with Gasteiger partial charge in [0.25, 0.3) is 0 Å². The first-order valence-electron chi connectivity index (χ1n) is 11.4. The van der Waals surface area contributed by atoms with Crippen molar-refractivity contribution in [3.63, 3.8) is 0 Å². The lowest BCUT2D eigenvalue weighted by Crippen LogP contribution is -2.03. The molecule has 0 aliphatic heterocycles. The summed E-state index contributed by atoms with van der Waals surface area (Å²) in [6.07, 6.45) is 6.72. The predicted molar refractivity (Wildman–Crippen MR) is 146 cm³/mol. The van der Waals surface area contributed by atoms with Gasteiger partial charge < -0.3 is 11.5 Å². The highest BCUT2D eigenvalue weighted by Crippen LogP contribution is 2.45. The Morgan fingerprint density at radius 2 is 0.973 bits per heavy atom. The highest BCUT2D eigenvalue weighted by Gasteiger charge is 2.20. The molecule has 0 amide bonds. The van der Waals surface area contributed by atoms with Gasteiger partial charge in [-0.05, 0) is 47.5 Å². The molecule has 0 aromatic heterocycles. The summed E-state index contributed by atoms with van der Waals surface area (Å²) in [5.74, 6) is -2.69. The lowest BCUT2D eigenvalue weighted by molar-refractivity contribution is 0.581. The molecule has 37 heavy (non-hydrogen) atoms. The normalized spacial score (nSPS) is 13.3. The summed E-state index contributed by atoms with van der Waals surface area (Å²) in [6, 6.07) is 21.4. The Hall–Kier alpha value is -3.97. The molecule has 0 radical (unpaired) electrons. The van der Waals surface area contributed by atoms with Crippen LogP contribution in [0.5, 0.6) is 0 Å². The smallest absolute Gasteiger partial charge is 0.133 e. The van der Waals surface area contributed by atoms with Crippen LogP contribution in [0.2, 0.25) is 0 Å². The average Bonchev–Trinajstić information content (AvgIpc) is 2.86. The first-order valence-corrected chi connectivity index (χ1v) is 12.4. The summed E-state index contributed by atoms with van der Waals surface area (Å²) in [4.78, 5) is 0. The van der Waals surface area contributed by atoms with E-state index in [9.17, 15) is 17.6 Å². The third-order valence-corrected chi connectivity index (χ3v) is 7.13. The third-order valence-electron chi connectivity index (χ3n) is 5.72. The van der Waals surface area contributed by atoms with E-state index < -0.39 is 23.3 Å². The molecule has 0 heterocycles. The van der Waals surface area contributed by atoms with Crippen molar-refractivity contribution in [1.29, 1.82) is 0 Å². The number of halogens is 4. The summed E-state index contributed by atoms with van der Waals surface area (Å²) < 4.78 is 55.4. The van der Waals surface area contributed by atoms with Crippen LogP contribution in [0.3, 0.4) is 0 Å². The maximum Gasteiger partial charge on any atom is 0.133 e. The van der Waals surface area contributed by atoms with Crippen LogP contribution in [0.1, 0.15) is 32.8 Å². The first-order chi connectivity index (χ1) is 17.8. The van der Waals surface area contributed by atoms with Gasteiger partial charge in [0.1, 0.15) is 23.3 Å². The number of benzene rings is 4. The minimum atomic E-state index is -0.684. The van der Waals surface area contributed by atoms with Crippen LogP contribution in [-0.4, -0.2) is 0 Å². The molecule has 0 aliphatic rings. The summed E-state index contributed by atoms with van der Waals surface area (Å²) in [5, 5.41) is -0.754. The van der Waals surface area contributed by atoms with E-state index in [1.54, 1.807) is 36.4 Å². The minimum absolute atomic E-state index is 0.223. The third kappa shape index (κ3) is 6.62. The Kier molecular flexibility index (Phi) is 8.36. The Morgan fingerprint density at radius 1 is 0.568 bits per heavy atom. The molecule has 2 atom stereocenters. The molecule has 0 saturated carbocycles. The first kappa shape index (κ1) is 26.1. The van der Waals surface area contributed by atoms with E-state index in [1.165, 1.54) is 36.0 Å². The Bertz CT molecular complexity index is 1340. The van der Waals surface area contributed by atoms with Crippen LogP contribution in [0, 0.1) is 23.3 Å². The van der Waals surface area contributed by atoms with Crippen molar-refractivity contribution in [2.45, 2.75) is 10.5 Å². The fourth-order valence-corrected chi connectivity index (χ4v) is 5.18. The van der Waals surface area contributed by atoms with E-state index in [2.05, 4.69) is 0 Å². The van der Waals surface area contributed by atoms with Gasteiger partial charge in [-0.3, -0.25) is 0 Å². The average molecular weight is 521 g/mol. The minimum Gasteiger partial charge on any atom is -0.398 e. The standard InChI is InChI=1S/C30H24F4N2S/c31-21-13-9-19(25(33)17-21)11-15-29(23-5-1-3-7-27(23)35)37-30(24-6-2-4-8-28(24)36)16-12-20-10-14-22(32)18-26(20)34/h1-18,29-30H,35-36H2. The summed E-state index contributed by atoms with van der Waals surface area (Å²) in [6.45, 7) is 0. The number of thioether (sulfide) groups is 1. The molecule has 2 nitrogen and oxygen atoms in total. The number of rotatable bonds is 8. The van der Waals surface area contributed by atoms with Crippen LogP contribution in [-0.2, 0) is 0 Å². The van der Waals surface area contributed by atoms with Crippen molar-refractivity contribution in [3.05, 3.63) is 143 Å². The quantitative estimate of drug-likeness (QED) is 0.181. The van der Waals surface area contributed by atoms with Crippen LogP contribution >= 0.6 is 11.8 Å². The fraction of sp³-hybridized carbons (Fsp3) is 0.0667. The van der Waals surface area contributed by atoms with Crippen molar-refractivity contribution in [1.82, 2.24) is 0 Å². The van der Waals surface area contributed by atoms with Gasteiger partial charge in [-0.2, -0.15) is 0 Å². The second kappa shape index (κ2) is 11.8. The van der Waals surface area contributed by atoms with Gasteiger partial charge in [-0.1, -0.05) is 60.7 Å². The zero-order valence-corrected chi connectivity index (χ0v) is 20.4. The van der Waals surface area contributed by atoms with Gasteiger partial charge in [0, 0.05) is 34.6 Å². The molecule has 7 heteroatoms. The highest BCUT2D eigenvalue weighted by atomic mass is 32.2. The molecule has 4 aromatic carbocycles. The van der Waals surface area contributed by atoms with Crippen LogP contribution in [0.25, 0.3) is 12.2 Å². The van der Waals surface area contributed by atoms with Crippen molar-refractivity contribution in [2.75, 3.05) is 11.5 Å². The Labute approximate surface area is 217 Å². The van der Waals surface area contributed by atoms with E-state index in [0.29, 0.717) is 11.4 Å². The second-order valence-corrected chi connectivity index (χ2v) is 9.57. The molecule has 4 aromatic rings. The van der Waals surface area contributed by atoms with Gasteiger partial charge in [0.05, 0.1) is 10.5 Å². The maximum atomic E-state index is 14.3.